The molecular formula is C20H25N3OS. The average Bonchev–Trinajstić information content (AvgIpc) is 3.06. The van der Waals surface area contributed by atoms with Gasteiger partial charge in [-0.15, -0.1) is 11.3 Å². The zero-order valence-electron chi connectivity index (χ0n) is 14.7. The molecule has 0 saturated carbocycles. The van der Waals surface area contributed by atoms with Crippen LogP contribution in [0.1, 0.15) is 41.1 Å². The van der Waals surface area contributed by atoms with Crippen LogP contribution in [0.15, 0.2) is 35.7 Å². The lowest BCUT2D eigenvalue weighted by Crippen LogP contribution is -2.29. The molecule has 1 aromatic heterocycles. The second-order valence-electron chi connectivity index (χ2n) is 6.50. The minimum atomic E-state index is -0.0944. The molecule has 1 aromatic carbocycles. The number of carbonyl (C=O) groups is 1. The first kappa shape index (κ1) is 17.8. The summed E-state index contributed by atoms with van der Waals surface area (Å²) in [4.78, 5) is 18.7. The first-order chi connectivity index (χ1) is 12.2. The Labute approximate surface area is 153 Å². The van der Waals surface area contributed by atoms with Gasteiger partial charge in [-0.3, -0.25) is 9.69 Å². The van der Waals surface area contributed by atoms with Crippen molar-refractivity contribution >= 4 is 23.3 Å². The van der Waals surface area contributed by atoms with Crippen LogP contribution in [-0.4, -0.2) is 28.9 Å². The number of piperidine rings is 1. The highest BCUT2D eigenvalue weighted by Crippen LogP contribution is 2.13. The number of amides is 1. The van der Waals surface area contributed by atoms with Crippen LogP contribution in [0.3, 0.4) is 0 Å². The summed E-state index contributed by atoms with van der Waals surface area (Å²) in [7, 11) is 0. The number of hydrogen-bond acceptors (Lipinski definition) is 4. The van der Waals surface area contributed by atoms with Gasteiger partial charge in [0.2, 0.25) is 5.91 Å². The van der Waals surface area contributed by atoms with Crippen LogP contribution < -0.4 is 5.32 Å². The van der Waals surface area contributed by atoms with Gasteiger partial charge in [0.15, 0.2) is 0 Å². The molecular weight excluding hydrogens is 330 g/mol. The molecule has 0 atom stereocenters. The van der Waals surface area contributed by atoms with E-state index in [9.17, 15) is 4.79 Å². The summed E-state index contributed by atoms with van der Waals surface area (Å²) < 4.78 is 0. The quantitative estimate of drug-likeness (QED) is 0.803. The number of aromatic nitrogens is 1. The van der Waals surface area contributed by atoms with Crippen LogP contribution in [0.5, 0.6) is 0 Å². The maximum Gasteiger partial charge on any atom is 0.244 e. The van der Waals surface area contributed by atoms with Crippen molar-refractivity contribution in [1.29, 1.82) is 0 Å². The van der Waals surface area contributed by atoms with Gasteiger partial charge in [0.1, 0.15) is 0 Å². The van der Waals surface area contributed by atoms with Crippen LogP contribution in [-0.2, 0) is 17.9 Å². The van der Waals surface area contributed by atoms with Crippen molar-refractivity contribution in [2.24, 2.45) is 0 Å². The molecule has 1 aliphatic heterocycles. The Bertz CT molecular complexity index is 715. The topological polar surface area (TPSA) is 45.2 Å². The SMILES string of the molecule is Cc1nc(/C=C/C(=O)NCc2ccc(CN3CCCCC3)cc2)cs1. The highest BCUT2D eigenvalue weighted by molar-refractivity contribution is 7.09. The number of nitrogens with one attached hydrogen (secondary N) is 1. The Hall–Kier alpha value is -1.98. The largest absolute Gasteiger partial charge is 0.348 e. The molecule has 0 bridgehead atoms. The second kappa shape index (κ2) is 8.92. The molecule has 1 aliphatic rings. The Kier molecular flexibility index (Phi) is 6.36. The van der Waals surface area contributed by atoms with Gasteiger partial charge in [-0.05, 0) is 50.1 Å². The van der Waals surface area contributed by atoms with Gasteiger partial charge in [0.25, 0.3) is 0 Å². The maximum atomic E-state index is 11.9. The molecule has 0 radical (unpaired) electrons. The molecule has 2 aromatic rings. The van der Waals surface area contributed by atoms with Crippen molar-refractivity contribution in [2.45, 2.75) is 39.3 Å². The van der Waals surface area contributed by atoms with Gasteiger partial charge in [-0.1, -0.05) is 30.7 Å². The number of rotatable bonds is 6. The minimum absolute atomic E-state index is 0.0944. The molecule has 1 N–H and O–H groups in total. The predicted molar refractivity (Wildman–Crippen MR) is 103 cm³/mol. The molecule has 4 nitrogen and oxygen atoms in total. The smallest absolute Gasteiger partial charge is 0.244 e. The lowest BCUT2D eigenvalue weighted by molar-refractivity contribution is -0.116. The average molecular weight is 356 g/mol. The third kappa shape index (κ3) is 5.80. The van der Waals surface area contributed by atoms with Crippen molar-refractivity contribution in [2.75, 3.05) is 13.1 Å². The number of aryl methyl sites for hydroxylation is 1. The zero-order valence-corrected chi connectivity index (χ0v) is 15.5. The van der Waals surface area contributed by atoms with Crippen molar-refractivity contribution < 1.29 is 4.79 Å². The van der Waals surface area contributed by atoms with E-state index in [0.29, 0.717) is 6.54 Å². The summed E-state index contributed by atoms with van der Waals surface area (Å²) in [5.41, 5.74) is 3.30. The van der Waals surface area contributed by atoms with E-state index in [-0.39, 0.29) is 5.91 Å². The Morgan fingerprint density at radius 1 is 1.20 bits per heavy atom. The summed E-state index contributed by atoms with van der Waals surface area (Å²) in [5, 5.41) is 5.87. The fourth-order valence-electron chi connectivity index (χ4n) is 3.00. The normalized spacial score (nSPS) is 15.6. The molecule has 1 amide bonds. The van der Waals surface area contributed by atoms with Crippen molar-refractivity contribution in [3.05, 3.63) is 57.6 Å². The molecule has 3 rings (SSSR count). The zero-order chi connectivity index (χ0) is 17.5. The molecule has 0 spiro atoms. The molecule has 132 valence electrons. The summed E-state index contributed by atoms with van der Waals surface area (Å²) in [6.45, 7) is 5.95. The van der Waals surface area contributed by atoms with Crippen molar-refractivity contribution in [1.82, 2.24) is 15.2 Å². The first-order valence-corrected chi connectivity index (χ1v) is 9.75. The molecule has 5 heteroatoms. The van der Waals surface area contributed by atoms with E-state index in [1.54, 1.807) is 23.5 Å². The number of thiazole rings is 1. The molecule has 1 fully saturated rings. The lowest BCUT2D eigenvalue weighted by Gasteiger charge is -2.26. The van der Waals surface area contributed by atoms with E-state index in [1.807, 2.05) is 12.3 Å². The van der Waals surface area contributed by atoms with Crippen molar-refractivity contribution in [3.8, 4) is 0 Å². The van der Waals surface area contributed by atoms with Crippen LogP contribution in [0.4, 0.5) is 0 Å². The van der Waals surface area contributed by atoms with E-state index in [4.69, 9.17) is 0 Å². The number of benzene rings is 1. The molecule has 0 aliphatic carbocycles. The lowest BCUT2D eigenvalue weighted by atomic mass is 10.1. The predicted octanol–water partition coefficient (Wildman–Crippen LogP) is 3.77. The van der Waals surface area contributed by atoms with E-state index in [0.717, 1.165) is 22.8 Å². The summed E-state index contributed by atoms with van der Waals surface area (Å²) >= 11 is 1.58. The Morgan fingerprint density at radius 2 is 1.92 bits per heavy atom. The van der Waals surface area contributed by atoms with E-state index < -0.39 is 0 Å². The fourth-order valence-corrected chi connectivity index (χ4v) is 3.58. The van der Waals surface area contributed by atoms with Gasteiger partial charge in [0, 0.05) is 24.5 Å². The van der Waals surface area contributed by atoms with Crippen LogP contribution in [0.2, 0.25) is 0 Å². The highest BCUT2D eigenvalue weighted by Gasteiger charge is 2.10. The fraction of sp³-hybridized carbons (Fsp3) is 0.400. The van der Waals surface area contributed by atoms with Gasteiger partial charge in [-0.2, -0.15) is 0 Å². The summed E-state index contributed by atoms with van der Waals surface area (Å²) in [6, 6.07) is 8.55. The van der Waals surface area contributed by atoms with Gasteiger partial charge in [-0.25, -0.2) is 4.98 Å². The third-order valence-corrected chi connectivity index (χ3v) is 5.18. The second-order valence-corrected chi connectivity index (χ2v) is 7.56. The number of hydrogen-bond donors (Lipinski definition) is 1. The van der Waals surface area contributed by atoms with Gasteiger partial charge in [0.05, 0.1) is 10.7 Å². The van der Waals surface area contributed by atoms with Crippen LogP contribution >= 0.6 is 11.3 Å². The van der Waals surface area contributed by atoms with E-state index in [2.05, 4.69) is 39.5 Å². The summed E-state index contributed by atoms with van der Waals surface area (Å²) in [6.07, 6.45) is 7.29. The van der Waals surface area contributed by atoms with Crippen molar-refractivity contribution in [3.63, 3.8) is 0 Å². The maximum absolute atomic E-state index is 11.9. The molecule has 2 heterocycles. The minimum Gasteiger partial charge on any atom is -0.348 e. The number of nitrogens with zero attached hydrogens (tertiary/aromatic N) is 2. The summed E-state index contributed by atoms with van der Waals surface area (Å²) in [5.74, 6) is -0.0944. The standard InChI is InChI=1S/C20H25N3OS/c1-16-22-19(15-25-16)9-10-20(24)21-13-17-5-7-18(8-6-17)14-23-11-3-2-4-12-23/h5-10,15H,2-4,11-14H2,1H3,(H,21,24)/b10-9+. The Morgan fingerprint density at radius 3 is 2.60 bits per heavy atom. The third-order valence-electron chi connectivity index (χ3n) is 4.39. The van der Waals surface area contributed by atoms with E-state index >= 15 is 0 Å². The number of carbonyl (C=O) groups excluding carboxylic acids is 1. The van der Waals surface area contributed by atoms with E-state index in [1.165, 1.54) is 37.9 Å². The number of likely N-dealkylation sites (tertiary alicyclic amines) is 1. The first-order valence-electron chi connectivity index (χ1n) is 8.87. The highest BCUT2D eigenvalue weighted by atomic mass is 32.1. The monoisotopic (exact) mass is 355 g/mol. The van der Waals surface area contributed by atoms with Gasteiger partial charge >= 0.3 is 0 Å². The van der Waals surface area contributed by atoms with Crippen LogP contribution in [0, 0.1) is 6.92 Å². The van der Waals surface area contributed by atoms with Crippen LogP contribution in [0.25, 0.3) is 6.08 Å². The molecule has 0 unspecified atom stereocenters. The Balaban J connectivity index is 1.44. The molecule has 25 heavy (non-hydrogen) atoms. The molecule has 1 saturated heterocycles. The van der Waals surface area contributed by atoms with Gasteiger partial charge < -0.3 is 5.32 Å².